The van der Waals surface area contributed by atoms with Gasteiger partial charge in [0.25, 0.3) is 0 Å². The van der Waals surface area contributed by atoms with Gasteiger partial charge in [-0.1, -0.05) is 101 Å². The van der Waals surface area contributed by atoms with Crippen molar-refractivity contribution in [3.05, 3.63) is 48.6 Å². The molecular weight excluding hydrogens is 611 g/mol. The molecule has 6 nitrogen and oxygen atoms in total. The van der Waals surface area contributed by atoms with Crippen molar-refractivity contribution in [2.45, 2.75) is 193 Å². The number of carbonyl (C=O) groups is 2. The first kappa shape index (κ1) is 51.2. The van der Waals surface area contributed by atoms with E-state index in [4.69, 9.17) is 0 Å². The number of aliphatic hydroxyl groups excluding tert-OH is 2. The number of rotatable bonds is 32. The minimum Gasteiger partial charge on any atom is -0.550 e. The maximum absolute atomic E-state index is 10.9. The van der Waals surface area contributed by atoms with Crippen molar-refractivity contribution in [2.24, 2.45) is 0 Å². The first-order valence-electron chi connectivity index (χ1n) is 19.1. The van der Waals surface area contributed by atoms with Crippen LogP contribution in [0.4, 0.5) is 0 Å². The summed E-state index contributed by atoms with van der Waals surface area (Å²) in [5.41, 5.74) is 0. The molecule has 0 heterocycles. The SMILES string of the molecule is CCC(O)CC/C=C\CCCCCCC/C=C\CCCC(=O)OC.CCC(O)CC/C=C\CCCCCCC/C=C\CCCC(=O)[O-].[Na+]. The minimum absolute atomic E-state index is 0. The van der Waals surface area contributed by atoms with Crippen LogP contribution in [-0.2, 0) is 14.3 Å². The number of carboxylic acids is 1. The van der Waals surface area contributed by atoms with Gasteiger partial charge < -0.3 is 24.9 Å². The first-order valence-corrected chi connectivity index (χ1v) is 19.1. The molecule has 7 heteroatoms. The van der Waals surface area contributed by atoms with E-state index < -0.39 is 5.97 Å². The molecule has 0 amide bonds. The summed E-state index contributed by atoms with van der Waals surface area (Å²) in [4.78, 5) is 21.1. The second kappa shape index (κ2) is 43.8. The van der Waals surface area contributed by atoms with Gasteiger partial charge in [0.1, 0.15) is 0 Å². The molecule has 2 atom stereocenters. The molecule has 0 aliphatic carbocycles. The van der Waals surface area contributed by atoms with E-state index in [9.17, 15) is 24.9 Å². The van der Waals surface area contributed by atoms with Crippen LogP contribution in [-0.4, -0.2) is 41.5 Å². The number of aliphatic hydroxyl groups is 2. The molecule has 0 rings (SSSR count). The van der Waals surface area contributed by atoms with Crippen LogP contribution in [0.5, 0.6) is 0 Å². The van der Waals surface area contributed by atoms with Gasteiger partial charge in [0.2, 0.25) is 0 Å². The Morgan fingerprint density at radius 2 is 0.812 bits per heavy atom. The molecule has 48 heavy (non-hydrogen) atoms. The third-order valence-corrected chi connectivity index (χ3v) is 8.16. The van der Waals surface area contributed by atoms with Gasteiger partial charge in [-0.15, -0.1) is 0 Å². The Bertz CT molecular complexity index is 792. The third-order valence-electron chi connectivity index (χ3n) is 8.16. The van der Waals surface area contributed by atoms with E-state index in [1.807, 2.05) is 13.8 Å². The van der Waals surface area contributed by atoms with Gasteiger partial charge in [0, 0.05) is 12.4 Å². The fraction of sp³-hybridized carbons (Fsp3) is 0.756. The van der Waals surface area contributed by atoms with E-state index >= 15 is 0 Å². The molecular formula is C41H73NaO6. The summed E-state index contributed by atoms with van der Waals surface area (Å²) in [5.74, 6) is -1.07. The number of methoxy groups -OCH3 is 1. The standard InChI is InChI=1S/C21H38O3.C20H36O3.Na/c1-3-20(22)18-16-14-12-10-8-6-4-5-7-9-11-13-15-17-19-21(23)24-2;1-2-19(21)17-15-13-11-9-7-5-3-4-6-8-10-12-14-16-18-20(22)23;/h11-14,20,22H,3-10,15-19H2,1-2H3;10-13,19,21H,2-9,14-18H2,1H3,(H,22,23);/q;;+1/p-1/b13-11-,14-12-;12-10-,13-11-;. The largest absolute Gasteiger partial charge is 1.00 e. The topological polar surface area (TPSA) is 107 Å². The molecule has 0 fully saturated rings. The van der Waals surface area contributed by atoms with E-state index in [0.717, 1.165) is 77.0 Å². The van der Waals surface area contributed by atoms with Crippen LogP contribution in [0.15, 0.2) is 48.6 Å². The number of hydrogen-bond donors (Lipinski definition) is 2. The molecule has 0 saturated heterocycles. The van der Waals surface area contributed by atoms with Crippen LogP contribution in [0.2, 0.25) is 0 Å². The smallest absolute Gasteiger partial charge is 0.550 e. The van der Waals surface area contributed by atoms with E-state index in [-0.39, 0.29) is 54.2 Å². The van der Waals surface area contributed by atoms with Crippen LogP contribution >= 0.6 is 0 Å². The molecule has 274 valence electrons. The van der Waals surface area contributed by atoms with Crippen molar-refractivity contribution >= 4 is 11.9 Å². The number of allylic oxidation sites excluding steroid dienone is 8. The minimum atomic E-state index is -0.952. The maximum Gasteiger partial charge on any atom is 1.00 e. The molecule has 0 spiro atoms. The molecule has 0 saturated carbocycles. The summed E-state index contributed by atoms with van der Waals surface area (Å²) in [6.45, 7) is 4.04. The van der Waals surface area contributed by atoms with Gasteiger partial charge in [-0.3, -0.25) is 4.79 Å². The van der Waals surface area contributed by atoms with Gasteiger partial charge in [0.05, 0.1) is 19.3 Å². The van der Waals surface area contributed by atoms with Gasteiger partial charge in [0.15, 0.2) is 0 Å². The summed E-state index contributed by atoms with van der Waals surface area (Å²) >= 11 is 0. The van der Waals surface area contributed by atoms with E-state index in [2.05, 4.69) is 53.3 Å². The molecule has 0 bridgehead atoms. The summed E-state index contributed by atoms with van der Waals surface area (Å²) in [6, 6.07) is 0. The number of esters is 1. The molecule has 2 unspecified atom stereocenters. The fourth-order valence-electron chi connectivity index (χ4n) is 4.87. The van der Waals surface area contributed by atoms with Crippen LogP contribution in [0, 0.1) is 0 Å². The zero-order valence-electron chi connectivity index (χ0n) is 31.7. The summed E-state index contributed by atoms with van der Waals surface area (Å²) in [7, 11) is 1.44. The molecule has 0 aliphatic heterocycles. The number of carbonyl (C=O) groups excluding carboxylic acids is 2. The van der Waals surface area contributed by atoms with E-state index in [0.29, 0.717) is 12.8 Å². The Kier molecular flexibility index (Phi) is 46.8. The average Bonchev–Trinajstić information content (AvgIpc) is 3.07. The zero-order valence-corrected chi connectivity index (χ0v) is 33.7. The van der Waals surface area contributed by atoms with Crippen molar-refractivity contribution in [3.63, 3.8) is 0 Å². The Labute approximate surface area is 318 Å². The predicted octanol–water partition coefficient (Wildman–Crippen LogP) is 7.03. The van der Waals surface area contributed by atoms with Crippen LogP contribution in [0.25, 0.3) is 0 Å². The number of ether oxygens (including phenoxy) is 1. The number of aliphatic carboxylic acids is 1. The number of unbranched alkanes of at least 4 members (excludes halogenated alkanes) is 14. The molecule has 0 radical (unpaired) electrons. The van der Waals surface area contributed by atoms with E-state index in [1.54, 1.807) is 0 Å². The summed E-state index contributed by atoms with van der Waals surface area (Å²) < 4.78 is 4.61. The van der Waals surface area contributed by atoms with Crippen LogP contribution in [0.3, 0.4) is 0 Å². The zero-order chi connectivity index (χ0) is 35.1. The van der Waals surface area contributed by atoms with Crippen molar-refractivity contribution in [1.29, 1.82) is 0 Å². The molecule has 2 N–H and O–H groups in total. The van der Waals surface area contributed by atoms with Crippen molar-refractivity contribution in [2.75, 3.05) is 7.11 Å². The Hall–Kier alpha value is -1.18. The molecule has 0 aromatic rings. The normalized spacial score (nSPS) is 12.8. The fourth-order valence-corrected chi connectivity index (χ4v) is 4.87. The predicted molar refractivity (Wildman–Crippen MR) is 197 cm³/mol. The summed E-state index contributed by atoms with van der Waals surface area (Å²) in [5, 5.41) is 29.1. The number of hydrogen-bond acceptors (Lipinski definition) is 6. The third kappa shape index (κ3) is 46.9. The monoisotopic (exact) mass is 685 g/mol. The summed E-state index contributed by atoms with van der Waals surface area (Å²) in [6.07, 6.45) is 44.3. The molecule has 0 aromatic carbocycles. The van der Waals surface area contributed by atoms with Crippen LogP contribution < -0.4 is 34.7 Å². The van der Waals surface area contributed by atoms with Crippen molar-refractivity contribution < 1.29 is 59.2 Å². The van der Waals surface area contributed by atoms with Gasteiger partial charge in [-0.05, 0) is 122 Å². The van der Waals surface area contributed by atoms with Gasteiger partial charge in [-0.2, -0.15) is 0 Å². The van der Waals surface area contributed by atoms with Crippen molar-refractivity contribution in [1.82, 2.24) is 0 Å². The van der Waals surface area contributed by atoms with Crippen LogP contribution in [0.1, 0.15) is 181 Å². The maximum atomic E-state index is 10.9. The van der Waals surface area contributed by atoms with Crippen molar-refractivity contribution in [3.8, 4) is 0 Å². The quantitative estimate of drug-likeness (QED) is 0.0341. The second-order valence-electron chi connectivity index (χ2n) is 12.6. The molecule has 0 aliphatic rings. The second-order valence-corrected chi connectivity index (χ2v) is 12.6. The average molecular weight is 685 g/mol. The first-order chi connectivity index (χ1) is 22.9. The Morgan fingerprint density at radius 1 is 0.521 bits per heavy atom. The van der Waals surface area contributed by atoms with Gasteiger partial charge >= 0.3 is 35.5 Å². The Morgan fingerprint density at radius 3 is 1.12 bits per heavy atom. The number of carboxylic acid groups (broad SMARTS) is 1. The Balaban J connectivity index is -0.000000827. The van der Waals surface area contributed by atoms with E-state index in [1.165, 1.54) is 77.7 Å². The van der Waals surface area contributed by atoms with Gasteiger partial charge in [-0.25, -0.2) is 0 Å². The molecule has 0 aromatic heterocycles.